The molecular weight excluding hydrogens is 323 g/mol. The topological polar surface area (TPSA) is 0 Å². The molecule has 0 saturated heterocycles. The van der Waals surface area contributed by atoms with Gasteiger partial charge in [-0.2, -0.15) is 0 Å². The van der Waals surface area contributed by atoms with Gasteiger partial charge in [0.1, 0.15) is 0 Å². The summed E-state index contributed by atoms with van der Waals surface area (Å²) >= 11 is 6.36. The maximum Gasteiger partial charge on any atom is 0.154 e. The van der Waals surface area contributed by atoms with Crippen LogP contribution in [0.3, 0.4) is 0 Å². The molecule has 0 nitrogen and oxygen atoms in total. The number of hydrogen-bond donors (Lipinski definition) is 0. The predicted octanol–water partition coefficient (Wildman–Crippen LogP) is 5.97. The summed E-state index contributed by atoms with van der Waals surface area (Å²) in [6.07, 6.45) is 12.3. The molecule has 0 radical (unpaired) electrons. The normalized spacial score (nSPS) is 13.0. The van der Waals surface area contributed by atoms with Crippen LogP contribution in [0, 0.1) is 0 Å². The molecule has 3 heteroatoms. The van der Waals surface area contributed by atoms with Crippen LogP contribution in [0.4, 0.5) is 4.39 Å². The lowest BCUT2D eigenvalue weighted by Gasteiger charge is -2.02. The average Bonchev–Trinajstić information content (AvgIpc) is 2.20. The van der Waals surface area contributed by atoms with Gasteiger partial charge in [-0.1, -0.05) is 76.8 Å². The van der Waals surface area contributed by atoms with Crippen LogP contribution < -0.4 is 0 Å². The van der Waals surface area contributed by atoms with E-state index in [1.165, 1.54) is 51.4 Å². The van der Waals surface area contributed by atoms with Crippen LogP contribution in [-0.2, 0) is 0 Å². The fraction of sp³-hybridized carbons (Fsp3) is 1.00. The summed E-state index contributed by atoms with van der Waals surface area (Å²) in [6.45, 7) is 0. The Morgan fingerprint density at radius 2 is 1.13 bits per heavy atom. The fourth-order valence-electron chi connectivity index (χ4n) is 1.63. The Morgan fingerprint density at radius 3 is 1.53 bits per heavy atom. The van der Waals surface area contributed by atoms with Crippen molar-refractivity contribution in [2.45, 2.75) is 69.3 Å². The molecule has 0 aliphatic heterocycles. The van der Waals surface area contributed by atoms with Gasteiger partial charge in [0.25, 0.3) is 0 Å². The Hall–Kier alpha value is 0.890. The first-order chi connectivity index (χ1) is 7.27. The molecule has 0 amide bonds. The van der Waals surface area contributed by atoms with E-state index in [9.17, 15) is 4.39 Å². The Balaban J connectivity index is 2.87. The van der Waals surface area contributed by atoms with E-state index in [-0.39, 0.29) is 0 Å². The Labute approximate surface area is 111 Å². The minimum atomic E-state index is -0.790. The number of rotatable bonds is 11. The zero-order chi connectivity index (χ0) is 11.4. The molecule has 0 aromatic heterocycles. The molecule has 0 N–H and O–H groups in total. The smallest absolute Gasteiger partial charge is 0.154 e. The summed E-state index contributed by atoms with van der Waals surface area (Å²) in [4.78, 5) is 0. The molecule has 0 fully saturated rings. The summed E-state index contributed by atoms with van der Waals surface area (Å²) in [5.41, 5.74) is 0. The first-order valence-corrected chi connectivity index (χ1v) is 8.15. The summed E-state index contributed by atoms with van der Waals surface area (Å²) in [7, 11) is 0. The monoisotopic (exact) mass is 344 g/mol. The molecule has 1 unspecified atom stereocenters. The minimum Gasteiger partial charge on any atom is -0.235 e. The second-order valence-corrected chi connectivity index (χ2v) is 5.84. The van der Waals surface area contributed by atoms with Crippen molar-refractivity contribution in [3.05, 3.63) is 0 Å². The maximum absolute atomic E-state index is 12.4. The van der Waals surface area contributed by atoms with Crippen LogP contribution in [0.2, 0.25) is 0 Å². The lowest BCUT2D eigenvalue weighted by Crippen LogP contribution is -1.87. The van der Waals surface area contributed by atoms with Crippen LogP contribution in [0.1, 0.15) is 64.2 Å². The van der Waals surface area contributed by atoms with Crippen molar-refractivity contribution in [1.82, 2.24) is 0 Å². The van der Waals surface area contributed by atoms with Crippen LogP contribution in [0.25, 0.3) is 0 Å². The SMILES string of the molecule is FC(Br)CCCCCCCCCCCBr. The molecule has 0 rings (SSSR count). The molecule has 92 valence electrons. The Kier molecular flexibility index (Phi) is 13.7. The average molecular weight is 346 g/mol. The molecule has 0 aliphatic rings. The predicted molar refractivity (Wildman–Crippen MR) is 73.8 cm³/mol. The third kappa shape index (κ3) is 14.9. The van der Waals surface area contributed by atoms with Gasteiger partial charge in [-0.3, -0.25) is 0 Å². The van der Waals surface area contributed by atoms with Crippen molar-refractivity contribution in [1.29, 1.82) is 0 Å². The minimum absolute atomic E-state index is 0.672. The maximum atomic E-state index is 12.4. The lowest BCUT2D eigenvalue weighted by molar-refractivity contribution is 0.418. The Bertz CT molecular complexity index is 118. The third-order valence-corrected chi connectivity index (χ3v) is 3.57. The highest BCUT2D eigenvalue weighted by atomic mass is 79.9. The van der Waals surface area contributed by atoms with Crippen LogP contribution in [0.15, 0.2) is 0 Å². The molecule has 0 spiro atoms. The Morgan fingerprint density at radius 1 is 0.733 bits per heavy atom. The van der Waals surface area contributed by atoms with Gasteiger partial charge in [0.2, 0.25) is 0 Å². The van der Waals surface area contributed by atoms with Gasteiger partial charge in [-0.25, -0.2) is 4.39 Å². The van der Waals surface area contributed by atoms with Gasteiger partial charge >= 0.3 is 0 Å². The molecule has 0 aromatic rings. The van der Waals surface area contributed by atoms with Crippen molar-refractivity contribution >= 4 is 31.9 Å². The van der Waals surface area contributed by atoms with Crippen molar-refractivity contribution < 1.29 is 4.39 Å². The lowest BCUT2D eigenvalue weighted by atomic mass is 10.1. The summed E-state index contributed by atoms with van der Waals surface area (Å²) < 4.78 is 12.4. The van der Waals surface area contributed by atoms with Crippen molar-refractivity contribution in [3.8, 4) is 0 Å². The highest BCUT2D eigenvalue weighted by molar-refractivity contribution is 9.09. The van der Waals surface area contributed by atoms with Crippen LogP contribution in [-0.4, -0.2) is 10.4 Å². The van der Waals surface area contributed by atoms with Crippen molar-refractivity contribution in [2.24, 2.45) is 0 Å². The van der Waals surface area contributed by atoms with E-state index in [0.717, 1.165) is 11.8 Å². The van der Waals surface area contributed by atoms with E-state index in [0.29, 0.717) is 6.42 Å². The van der Waals surface area contributed by atoms with E-state index in [4.69, 9.17) is 0 Å². The first kappa shape index (κ1) is 15.9. The molecule has 15 heavy (non-hydrogen) atoms. The second-order valence-electron chi connectivity index (χ2n) is 4.05. The fourth-order valence-corrected chi connectivity index (χ4v) is 2.35. The van der Waals surface area contributed by atoms with Crippen molar-refractivity contribution in [3.63, 3.8) is 0 Å². The summed E-state index contributed by atoms with van der Waals surface area (Å²) in [6, 6.07) is 0. The summed E-state index contributed by atoms with van der Waals surface area (Å²) in [5.74, 6) is 0. The molecular formula is C12H23Br2F. The second kappa shape index (κ2) is 13.0. The largest absolute Gasteiger partial charge is 0.235 e. The molecule has 0 heterocycles. The highest BCUT2D eigenvalue weighted by Gasteiger charge is 1.98. The molecule has 0 aliphatic carbocycles. The van der Waals surface area contributed by atoms with Crippen LogP contribution in [0.5, 0.6) is 0 Å². The van der Waals surface area contributed by atoms with E-state index >= 15 is 0 Å². The van der Waals surface area contributed by atoms with Gasteiger partial charge in [0, 0.05) is 5.33 Å². The van der Waals surface area contributed by atoms with E-state index in [1.807, 2.05) is 0 Å². The van der Waals surface area contributed by atoms with Gasteiger partial charge < -0.3 is 0 Å². The van der Waals surface area contributed by atoms with E-state index in [1.54, 1.807) is 0 Å². The zero-order valence-electron chi connectivity index (χ0n) is 9.49. The number of alkyl halides is 3. The molecule has 0 saturated carbocycles. The van der Waals surface area contributed by atoms with Gasteiger partial charge in [0.05, 0.1) is 0 Å². The van der Waals surface area contributed by atoms with Gasteiger partial charge in [-0.15, -0.1) is 0 Å². The molecule has 0 bridgehead atoms. The number of unbranched alkanes of at least 4 members (excludes halogenated alkanes) is 8. The first-order valence-electron chi connectivity index (χ1n) is 6.11. The number of hydrogen-bond acceptors (Lipinski definition) is 0. The molecule has 1 atom stereocenters. The quantitative estimate of drug-likeness (QED) is 0.319. The number of halogens is 3. The van der Waals surface area contributed by atoms with Gasteiger partial charge in [-0.05, 0) is 19.3 Å². The third-order valence-electron chi connectivity index (χ3n) is 2.56. The summed E-state index contributed by atoms with van der Waals surface area (Å²) in [5, 5.41) is 0.353. The van der Waals surface area contributed by atoms with Gasteiger partial charge in [0.15, 0.2) is 5.08 Å². The van der Waals surface area contributed by atoms with E-state index in [2.05, 4.69) is 31.9 Å². The molecule has 0 aromatic carbocycles. The van der Waals surface area contributed by atoms with Crippen molar-refractivity contribution in [2.75, 3.05) is 5.33 Å². The zero-order valence-corrected chi connectivity index (χ0v) is 12.7. The standard InChI is InChI=1S/C12H23Br2F/c13-11-9-7-5-3-1-2-4-6-8-10-12(14)15/h12H,1-11H2. The van der Waals surface area contributed by atoms with Crippen LogP contribution >= 0.6 is 31.9 Å². The highest BCUT2D eigenvalue weighted by Crippen LogP contribution is 2.14. The van der Waals surface area contributed by atoms with E-state index < -0.39 is 5.08 Å².